The molecule has 3 rings (SSSR count). The van der Waals surface area contributed by atoms with E-state index in [1.807, 2.05) is 0 Å². The number of aromatic amines is 1. The number of halogens is 1. The maximum absolute atomic E-state index is 13.0. The molecule has 5 nitrogen and oxygen atoms in total. The second-order valence-corrected chi connectivity index (χ2v) is 4.96. The molecule has 3 aromatic rings. The Labute approximate surface area is 130 Å². The third kappa shape index (κ3) is 3.01. The molecule has 6 heteroatoms. The smallest absolute Gasteiger partial charge is 0.280 e. The van der Waals surface area contributed by atoms with Crippen LogP contribution >= 0.6 is 0 Å². The first-order valence-electron chi connectivity index (χ1n) is 6.86. The molecule has 0 saturated heterocycles. The summed E-state index contributed by atoms with van der Waals surface area (Å²) in [5, 5.41) is 16.0. The summed E-state index contributed by atoms with van der Waals surface area (Å²) in [6.45, 7) is 3.80. The van der Waals surface area contributed by atoms with Crippen molar-refractivity contribution in [1.29, 1.82) is 0 Å². The van der Waals surface area contributed by atoms with E-state index < -0.39 is 0 Å². The predicted octanol–water partition coefficient (Wildman–Crippen LogP) is 1.27. The lowest BCUT2D eigenvalue weighted by atomic mass is 10.3. The Kier molecular flexibility index (Phi) is 3.72. The van der Waals surface area contributed by atoms with Crippen molar-refractivity contribution in [1.82, 2.24) is 9.78 Å². The van der Waals surface area contributed by atoms with Gasteiger partial charge < -0.3 is 10.4 Å². The Morgan fingerprint density at radius 2 is 1.96 bits per heavy atom. The number of phenols is 1. The lowest BCUT2D eigenvalue weighted by molar-refractivity contribution is 0.475. The van der Waals surface area contributed by atoms with Crippen molar-refractivity contribution in [2.24, 2.45) is 0 Å². The molecule has 2 aromatic carbocycles. The van der Waals surface area contributed by atoms with Crippen molar-refractivity contribution in [2.75, 3.05) is 5.32 Å². The molecule has 1 aromatic heterocycles. The Morgan fingerprint density at radius 1 is 1.22 bits per heavy atom. The van der Waals surface area contributed by atoms with Gasteiger partial charge in [-0.05, 0) is 36.4 Å². The maximum atomic E-state index is 13.0. The van der Waals surface area contributed by atoms with Gasteiger partial charge in [0.05, 0.1) is 16.3 Å². The molecule has 116 valence electrons. The Bertz CT molecular complexity index is 1000. The molecule has 0 fully saturated rings. The van der Waals surface area contributed by atoms with Gasteiger partial charge in [0.15, 0.2) is 0 Å². The van der Waals surface area contributed by atoms with Gasteiger partial charge in [-0.25, -0.2) is 9.07 Å². The highest BCUT2D eigenvalue weighted by Gasteiger charge is 2.04. The fraction of sp³-hybridized carbons (Fsp3) is 0. The summed E-state index contributed by atoms with van der Waals surface area (Å²) < 4.78 is 14.3. The molecule has 3 N–H and O–H groups in total. The zero-order valence-electron chi connectivity index (χ0n) is 12.1. The van der Waals surface area contributed by atoms with E-state index in [0.29, 0.717) is 21.9 Å². The van der Waals surface area contributed by atoms with Crippen LogP contribution in [0.3, 0.4) is 0 Å². The monoisotopic (exact) mass is 311 g/mol. The van der Waals surface area contributed by atoms with Gasteiger partial charge in [-0.1, -0.05) is 12.6 Å². The first kappa shape index (κ1) is 14.6. The minimum Gasteiger partial charge on any atom is -0.508 e. The molecule has 0 aliphatic carbocycles. The van der Waals surface area contributed by atoms with E-state index in [4.69, 9.17) is 0 Å². The summed E-state index contributed by atoms with van der Waals surface area (Å²) in [7, 11) is 0. The summed E-state index contributed by atoms with van der Waals surface area (Å²) in [6.07, 6.45) is 1.51. The average molecular weight is 311 g/mol. The van der Waals surface area contributed by atoms with E-state index in [9.17, 15) is 14.3 Å². The summed E-state index contributed by atoms with van der Waals surface area (Å²) in [5.41, 5.74) is 0.839. The second kappa shape index (κ2) is 5.84. The van der Waals surface area contributed by atoms with Crippen LogP contribution < -0.4 is 21.4 Å². The van der Waals surface area contributed by atoms with E-state index in [-0.39, 0.29) is 17.1 Å². The number of nitrogens with zero attached hydrogens (tertiary/aromatic N) is 1. The largest absolute Gasteiger partial charge is 0.508 e. The van der Waals surface area contributed by atoms with Crippen LogP contribution in [0.25, 0.3) is 18.5 Å². The van der Waals surface area contributed by atoms with Crippen LogP contribution in [0.15, 0.2) is 53.3 Å². The molecule has 0 spiro atoms. The highest BCUT2D eigenvalue weighted by atomic mass is 19.1. The van der Waals surface area contributed by atoms with Crippen LogP contribution in [-0.4, -0.2) is 14.9 Å². The van der Waals surface area contributed by atoms with Crippen molar-refractivity contribution in [3.8, 4) is 11.4 Å². The minimum absolute atomic E-state index is 0.121. The van der Waals surface area contributed by atoms with Gasteiger partial charge in [-0.2, -0.15) is 0 Å². The van der Waals surface area contributed by atoms with E-state index in [2.05, 4.69) is 17.0 Å². The Balaban J connectivity index is 2.01. The molecule has 0 saturated carbocycles. The lowest BCUT2D eigenvalue weighted by Gasteiger charge is -2.00. The number of hydrogen-bond donors (Lipinski definition) is 3. The number of aromatic hydroxyl groups is 1. The number of nitrogens with one attached hydrogen (secondary N) is 2. The second-order valence-electron chi connectivity index (χ2n) is 4.96. The number of hydrogen-bond acceptors (Lipinski definition) is 3. The summed E-state index contributed by atoms with van der Waals surface area (Å²) in [4.78, 5) is 12.4. The van der Waals surface area contributed by atoms with E-state index in [1.54, 1.807) is 18.2 Å². The van der Waals surface area contributed by atoms with E-state index in [0.717, 1.165) is 0 Å². The standard InChI is InChI=1S/C17H14FN3O2/c1-11-16(10-19-13-3-2-4-15(22)9-13)17(23)21(20-11)14-7-5-12(18)6-8-14/h2-10,19-20,22H,1H2. The van der Waals surface area contributed by atoms with Crippen LogP contribution in [0.1, 0.15) is 0 Å². The fourth-order valence-corrected chi connectivity index (χ4v) is 2.17. The molecule has 0 amide bonds. The first-order chi connectivity index (χ1) is 11.0. The lowest BCUT2D eigenvalue weighted by Crippen LogP contribution is -2.34. The van der Waals surface area contributed by atoms with E-state index in [1.165, 1.54) is 41.2 Å². The van der Waals surface area contributed by atoms with Gasteiger partial charge in [-0.3, -0.25) is 9.89 Å². The van der Waals surface area contributed by atoms with Gasteiger partial charge in [-0.15, -0.1) is 0 Å². The zero-order chi connectivity index (χ0) is 16.4. The highest BCUT2D eigenvalue weighted by Crippen LogP contribution is 2.14. The predicted molar refractivity (Wildman–Crippen MR) is 87.3 cm³/mol. The maximum Gasteiger partial charge on any atom is 0.280 e. The molecule has 23 heavy (non-hydrogen) atoms. The number of benzene rings is 2. The third-order valence-electron chi connectivity index (χ3n) is 3.32. The van der Waals surface area contributed by atoms with Gasteiger partial charge in [0.1, 0.15) is 11.6 Å². The van der Waals surface area contributed by atoms with Crippen LogP contribution in [0, 0.1) is 5.82 Å². The van der Waals surface area contributed by atoms with Crippen LogP contribution in [0.5, 0.6) is 5.75 Å². The summed E-state index contributed by atoms with van der Waals surface area (Å²) in [6, 6.07) is 12.1. The first-order valence-corrected chi connectivity index (χ1v) is 6.86. The molecule has 1 heterocycles. The van der Waals surface area contributed by atoms with Gasteiger partial charge in [0.2, 0.25) is 0 Å². The third-order valence-corrected chi connectivity index (χ3v) is 3.32. The van der Waals surface area contributed by atoms with Gasteiger partial charge >= 0.3 is 0 Å². The fourth-order valence-electron chi connectivity index (χ4n) is 2.17. The zero-order valence-corrected chi connectivity index (χ0v) is 12.1. The Morgan fingerprint density at radius 3 is 2.65 bits per heavy atom. The molecule has 0 aliphatic rings. The topological polar surface area (TPSA) is 70.0 Å². The van der Waals surface area contributed by atoms with Crippen LogP contribution in [0.4, 0.5) is 10.1 Å². The average Bonchev–Trinajstić information content (AvgIpc) is 2.81. The van der Waals surface area contributed by atoms with Crippen LogP contribution in [0.2, 0.25) is 0 Å². The van der Waals surface area contributed by atoms with Crippen molar-refractivity contribution >= 4 is 18.5 Å². The highest BCUT2D eigenvalue weighted by molar-refractivity contribution is 5.56. The van der Waals surface area contributed by atoms with Gasteiger partial charge in [0, 0.05) is 18.0 Å². The normalized spacial score (nSPS) is 11.6. The molecule has 0 unspecified atom stereocenters. The van der Waals surface area contributed by atoms with Crippen molar-refractivity contribution in [3.05, 3.63) is 75.3 Å². The SMILES string of the molecule is C=c1[nH]n(-c2ccc(F)cc2)c(=O)c1=CNc1cccc(O)c1. The van der Waals surface area contributed by atoms with Crippen molar-refractivity contribution in [3.63, 3.8) is 0 Å². The number of rotatable bonds is 3. The summed E-state index contributed by atoms with van der Waals surface area (Å²) >= 11 is 0. The molecule has 0 radical (unpaired) electrons. The molecule has 0 atom stereocenters. The minimum atomic E-state index is -0.375. The Hall–Kier alpha value is -3.28. The van der Waals surface area contributed by atoms with Crippen molar-refractivity contribution in [2.45, 2.75) is 0 Å². The van der Waals surface area contributed by atoms with E-state index >= 15 is 0 Å². The number of anilines is 1. The number of aromatic nitrogens is 2. The van der Waals surface area contributed by atoms with Crippen LogP contribution in [-0.2, 0) is 0 Å². The molecular weight excluding hydrogens is 297 g/mol. The van der Waals surface area contributed by atoms with Gasteiger partial charge in [0.25, 0.3) is 5.56 Å². The summed E-state index contributed by atoms with van der Waals surface area (Å²) in [5.74, 6) is -0.253. The molecule has 0 aliphatic heterocycles. The molecule has 0 bridgehead atoms. The molecular formula is C17H14FN3O2. The van der Waals surface area contributed by atoms with Crippen molar-refractivity contribution < 1.29 is 9.50 Å². The number of H-pyrrole nitrogens is 1. The number of phenolic OH excluding ortho intramolecular Hbond substituents is 1. The quantitative estimate of drug-likeness (QED) is 0.682.